The van der Waals surface area contributed by atoms with Crippen LogP contribution < -0.4 is 10.1 Å². The number of aryl methyl sites for hydroxylation is 1. The SMILES string of the molecule is COc1c(C)cccc1C(=O)Nc1cccc(-c2nn3cnnc3s2)c1. The lowest BCUT2D eigenvalue weighted by Gasteiger charge is -2.11. The Labute approximate surface area is 153 Å². The molecule has 130 valence electrons. The van der Waals surface area contributed by atoms with Crippen LogP contribution in [0.5, 0.6) is 5.75 Å². The van der Waals surface area contributed by atoms with Gasteiger partial charge in [0, 0.05) is 11.3 Å². The fourth-order valence-corrected chi connectivity index (χ4v) is 3.52. The predicted molar refractivity (Wildman–Crippen MR) is 99.8 cm³/mol. The summed E-state index contributed by atoms with van der Waals surface area (Å²) in [4.78, 5) is 13.4. The van der Waals surface area contributed by atoms with E-state index in [0.29, 0.717) is 17.0 Å². The molecule has 1 N–H and O–H groups in total. The monoisotopic (exact) mass is 365 g/mol. The molecule has 7 nitrogen and oxygen atoms in total. The van der Waals surface area contributed by atoms with E-state index in [2.05, 4.69) is 20.6 Å². The number of para-hydroxylation sites is 1. The van der Waals surface area contributed by atoms with Gasteiger partial charge in [-0.05, 0) is 30.7 Å². The van der Waals surface area contributed by atoms with Crippen molar-refractivity contribution in [3.05, 3.63) is 59.9 Å². The van der Waals surface area contributed by atoms with Crippen molar-refractivity contribution in [2.75, 3.05) is 12.4 Å². The highest BCUT2D eigenvalue weighted by atomic mass is 32.1. The summed E-state index contributed by atoms with van der Waals surface area (Å²) in [6.07, 6.45) is 1.56. The number of methoxy groups -OCH3 is 1. The fraction of sp³-hybridized carbons (Fsp3) is 0.111. The third-order valence-electron chi connectivity index (χ3n) is 3.91. The van der Waals surface area contributed by atoms with Crippen LogP contribution in [0.1, 0.15) is 15.9 Å². The summed E-state index contributed by atoms with van der Waals surface area (Å²) >= 11 is 1.43. The van der Waals surface area contributed by atoms with Crippen molar-refractivity contribution >= 4 is 27.9 Å². The molecule has 0 aliphatic heterocycles. The van der Waals surface area contributed by atoms with Crippen LogP contribution in [-0.4, -0.2) is 32.8 Å². The van der Waals surface area contributed by atoms with Crippen LogP contribution in [0.3, 0.4) is 0 Å². The molecule has 1 amide bonds. The van der Waals surface area contributed by atoms with E-state index in [1.165, 1.54) is 11.3 Å². The van der Waals surface area contributed by atoms with Gasteiger partial charge in [-0.1, -0.05) is 35.6 Å². The number of anilines is 1. The first kappa shape index (κ1) is 16.2. The number of ether oxygens (including phenoxy) is 1. The van der Waals surface area contributed by atoms with Gasteiger partial charge in [-0.3, -0.25) is 4.79 Å². The Morgan fingerprint density at radius 2 is 2.08 bits per heavy atom. The number of nitrogens with zero attached hydrogens (tertiary/aromatic N) is 4. The van der Waals surface area contributed by atoms with Crippen molar-refractivity contribution in [1.29, 1.82) is 0 Å². The summed E-state index contributed by atoms with van der Waals surface area (Å²) in [7, 11) is 1.56. The van der Waals surface area contributed by atoms with Crippen molar-refractivity contribution < 1.29 is 9.53 Å². The Morgan fingerprint density at radius 3 is 2.88 bits per heavy atom. The minimum atomic E-state index is -0.221. The Bertz CT molecular complexity index is 1070. The Morgan fingerprint density at radius 1 is 1.23 bits per heavy atom. The van der Waals surface area contributed by atoms with Crippen LogP contribution in [0.25, 0.3) is 15.5 Å². The third kappa shape index (κ3) is 2.91. The van der Waals surface area contributed by atoms with E-state index in [0.717, 1.165) is 21.1 Å². The van der Waals surface area contributed by atoms with Gasteiger partial charge in [-0.25, -0.2) is 0 Å². The smallest absolute Gasteiger partial charge is 0.259 e. The molecule has 8 heteroatoms. The summed E-state index contributed by atoms with van der Waals surface area (Å²) in [5.74, 6) is 0.357. The molecule has 0 unspecified atom stereocenters. The summed E-state index contributed by atoms with van der Waals surface area (Å²) < 4.78 is 7.00. The van der Waals surface area contributed by atoms with Crippen molar-refractivity contribution in [2.45, 2.75) is 6.92 Å². The molecule has 0 spiro atoms. The average molecular weight is 365 g/mol. The highest BCUT2D eigenvalue weighted by Gasteiger charge is 2.15. The van der Waals surface area contributed by atoms with Gasteiger partial charge in [0.1, 0.15) is 17.1 Å². The maximum atomic E-state index is 12.7. The van der Waals surface area contributed by atoms with Crippen LogP contribution >= 0.6 is 11.3 Å². The molecule has 2 heterocycles. The molecule has 0 atom stereocenters. The average Bonchev–Trinajstić information content (AvgIpc) is 3.23. The number of aromatic nitrogens is 4. The van der Waals surface area contributed by atoms with E-state index < -0.39 is 0 Å². The molecule has 2 aromatic heterocycles. The number of carbonyl (C=O) groups is 1. The maximum absolute atomic E-state index is 12.7. The van der Waals surface area contributed by atoms with Gasteiger partial charge >= 0.3 is 0 Å². The van der Waals surface area contributed by atoms with Gasteiger partial charge in [-0.15, -0.1) is 10.2 Å². The molecular weight excluding hydrogens is 350 g/mol. The minimum Gasteiger partial charge on any atom is -0.496 e. The highest BCUT2D eigenvalue weighted by molar-refractivity contribution is 7.19. The number of rotatable bonds is 4. The molecule has 26 heavy (non-hydrogen) atoms. The maximum Gasteiger partial charge on any atom is 0.259 e. The molecule has 2 aromatic carbocycles. The van der Waals surface area contributed by atoms with Gasteiger partial charge < -0.3 is 10.1 Å². The zero-order valence-corrected chi connectivity index (χ0v) is 14.9. The summed E-state index contributed by atoms with van der Waals surface area (Å²) in [6, 6.07) is 13.0. The summed E-state index contributed by atoms with van der Waals surface area (Å²) in [5.41, 5.74) is 2.99. The summed E-state index contributed by atoms with van der Waals surface area (Å²) in [5, 5.41) is 16.0. The minimum absolute atomic E-state index is 0.221. The van der Waals surface area contributed by atoms with Crippen LogP contribution in [0.4, 0.5) is 5.69 Å². The standard InChI is InChI=1S/C18H15N5O2S/c1-11-5-3-8-14(15(11)25-2)16(24)20-13-7-4-6-12(9-13)17-22-23-10-19-21-18(23)26-17/h3-10H,1-2H3,(H,20,24). The van der Waals surface area contributed by atoms with Gasteiger partial charge in [0.15, 0.2) is 0 Å². The third-order valence-corrected chi connectivity index (χ3v) is 4.88. The number of fused-ring (bicyclic) bond motifs is 1. The van der Waals surface area contributed by atoms with Crippen LogP contribution in [-0.2, 0) is 0 Å². The number of nitrogens with one attached hydrogen (secondary N) is 1. The molecular formula is C18H15N5O2S. The molecule has 0 saturated heterocycles. The van der Waals surface area contributed by atoms with Crippen LogP contribution in [0.2, 0.25) is 0 Å². The topological polar surface area (TPSA) is 81.4 Å². The second-order valence-electron chi connectivity index (χ2n) is 5.66. The van der Waals surface area contributed by atoms with E-state index in [1.807, 2.05) is 43.3 Å². The number of hydrogen-bond acceptors (Lipinski definition) is 6. The largest absolute Gasteiger partial charge is 0.496 e. The molecule has 0 aliphatic rings. The molecule has 0 fully saturated rings. The zero-order valence-electron chi connectivity index (χ0n) is 14.1. The van der Waals surface area contributed by atoms with Crippen molar-refractivity contribution in [1.82, 2.24) is 19.8 Å². The second kappa shape index (κ2) is 6.57. The first-order chi connectivity index (χ1) is 12.7. The van der Waals surface area contributed by atoms with Gasteiger partial charge in [0.25, 0.3) is 5.91 Å². The number of amides is 1. The molecule has 0 saturated carbocycles. The molecule has 0 bridgehead atoms. The Balaban J connectivity index is 1.62. The normalized spacial score (nSPS) is 10.8. The Hall–Kier alpha value is -3.26. The van der Waals surface area contributed by atoms with Gasteiger partial charge in [0.05, 0.1) is 12.7 Å². The van der Waals surface area contributed by atoms with Crippen LogP contribution in [0.15, 0.2) is 48.8 Å². The molecule has 0 radical (unpaired) electrons. The molecule has 4 rings (SSSR count). The number of carbonyl (C=O) groups excluding carboxylic acids is 1. The van der Waals surface area contributed by atoms with Crippen molar-refractivity contribution in [3.8, 4) is 16.3 Å². The Kier molecular flexibility index (Phi) is 4.10. The van der Waals surface area contributed by atoms with E-state index in [9.17, 15) is 4.79 Å². The van der Waals surface area contributed by atoms with E-state index in [4.69, 9.17) is 4.74 Å². The molecule has 4 aromatic rings. The lowest BCUT2D eigenvalue weighted by Crippen LogP contribution is -2.13. The van der Waals surface area contributed by atoms with Gasteiger partial charge in [-0.2, -0.15) is 9.61 Å². The lowest BCUT2D eigenvalue weighted by molar-refractivity contribution is 0.102. The zero-order chi connectivity index (χ0) is 18.1. The van der Waals surface area contributed by atoms with Crippen LogP contribution in [0, 0.1) is 6.92 Å². The summed E-state index contributed by atoms with van der Waals surface area (Å²) in [6.45, 7) is 1.91. The first-order valence-electron chi connectivity index (χ1n) is 7.88. The first-order valence-corrected chi connectivity index (χ1v) is 8.69. The molecule has 0 aliphatic carbocycles. The van der Waals surface area contributed by atoms with Crippen molar-refractivity contribution in [2.24, 2.45) is 0 Å². The fourth-order valence-electron chi connectivity index (χ4n) is 2.71. The van der Waals surface area contributed by atoms with E-state index in [1.54, 1.807) is 24.0 Å². The second-order valence-corrected chi connectivity index (χ2v) is 6.61. The van der Waals surface area contributed by atoms with E-state index >= 15 is 0 Å². The lowest BCUT2D eigenvalue weighted by atomic mass is 10.1. The number of benzene rings is 2. The number of hydrogen-bond donors (Lipinski definition) is 1. The highest BCUT2D eigenvalue weighted by Crippen LogP contribution is 2.28. The van der Waals surface area contributed by atoms with E-state index in [-0.39, 0.29) is 5.91 Å². The quantitative estimate of drug-likeness (QED) is 0.599. The predicted octanol–water partition coefficient (Wildman–Crippen LogP) is 3.42. The van der Waals surface area contributed by atoms with Gasteiger partial charge in [0.2, 0.25) is 4.96 Å². The van der Waals surface area contributed by atoms with Crippen molar-refractivity contribution in [3.63, 3.8) is 0 Å².